The molecule has 0 radical (unpaired) electrons. The Hall–Kier alpha value is -1.85. The van der Waals surface area contributed by atoms with Crippen LogP contribution in [0.5, 0.6) is 0 Å². The Kier molecular flexibility index (Phi) is 47.0. The van der Waals surface area contributed by atoms with Crippen LogP contribution in [0.4, 0.5) is 0 Å². The van der Waals surface area contributed by atoms with Crippen molar-refractivity contribution in [3.8, 4) is 0 Å². The highest BCUT2D eigenvalue weighted by molar-refractivity contribution is 5.76. The van der Waals surface area contributed by atoms with Gasteiger partial charge in [0.15, 0.2) is 6.29 Å². The van der Waals surface area contributed by atoms with Crippen molar-refractivity contribution in [2.75, 3.05) is 13.2 Å². The van der Waals surface area contributed by atoms with Crippen molar-refractivity contribution in [2.24, 2.45) is 0 Å². The van der Waals surface area contributed by atoms with Gasteiger partial charge in [-0.2, -0.15) is 0 Å². The van der Waals surface area contributed by atoms with E-state index in [0.29, 0.717) is 6.42 Å². The highest BCUT2D eigenvalue weighted by Gasteiger charge is 2.44. The van der Waals surface area contributed by atoms with Crippen LogP contribution in [0.2, 0.25) is 0 Å². The van der Waals surface area contributed by atoms with Gasteiger partial charge in [-0.1, -0.05) is 255 Å². The van der Waals surface area contributed by atoms with Crippen LogP contribution in [0.3, 0.4) is 0 Å². The summed E-state index contributed by atoms with van der Waals surface area (Å²) in [6.45, 7) is 3.70. The third-order valence-electron chi connectivity index (χ3n) is 13.9. The fraction of sp³-hybridized carbons (Fsp3) is 0.850. The fourth-order valence-corrected chi connectivity index (χ4v) is 9.21. The zero-order valence-corrected chi connectivity index (χ0v) is 44.8. The number of ether oxygens (including phenoxy) is 2. The Morgan fingerprint density at radius 1 is 0.493 bits per heavy atom. The SMILES string of the molecule is CCC/C=C\C/C=C\CCCCCCCC(=O)NC(COC1OC(CO)C(O)C(O)C1O)C(O)/C=C/CC/C=C/CCCCCCCCCCCCCCCCCCCCCCCCCCCCC. The van der Waals surface area contributed by atoms with Gasteiger partial charge in [-0.25, -0.2) is 0 Å². The quantitative estimate of drug-likeness (QED) is 0.0261. The third-order valence-corrected chi connectivity index (χ3v) is 13.9. The molecule has 0 spiro atoms. The van der Waals surface area contributed by atoms with Crippen LogP contribution in [0, 0.1) is 0 Å². The van der Waals surface area contributed by atoms with E-state index in [2.05, 4.69) is 55.6 Å². The van der Waals surface area contributed by atoms with Crippen molar-refractivity contribution < 1.29 is 39.8 Å². The number of unbranched alkanes of at least 4 members (excludes halogenated alkanes) is 34. The molecule has 1 aliphatic heterocycles. The Morgan fingerprint density at radius 2 is 0.899 bits per heavy atom. The summed E-state index contributed by atoms with van der Waals surface area (Å²) in [6, 6.07) is -0.830. The van der Waals surface area contributed by atoms with Gasteiger partial charge < -0.3 is 40.3 Å². The largest absolute Gasteiger partial charge is 0.394 e. The molecule has 0 aliphatic carbocycles. The summed E-state index contributed by atoms with van der Waals surface area (Å²) in [5.74, 6) is -0.201. The normalized spacial score (nSPS) is 19.8. The Labute approximate surface area is 424 Å². The van der Waals surface area contributed by atoms with Gasteiger partial charge in [0.1, 0.15) is 24.4 Å². The van der Waals surface area contributed by atoms with Gasteiger partial charge in [-0.15, -0.1) is 0 Å². The van der Waals surface area contributed by atoms with Gasteiger partial charge in [-0.3, -0.25) is 4.79 Å². The lowest BCUT2D eigenvalue weighted by atomic mass is 9.99. The van der Waals surface area contributed by atoms with E-state index in [1.807, 2.05) is 6.08 Å². The molecule has 0 aromatic rings. The second-order valence-electron chi connectivity index (χ2n) is 20.4. The van der Waals surface area contributed by atoms with Crippen molar-refractivity contribution in [1.82, 2.24) is 5.32 Å². The molecule has 1 fully saturated rings. The molecular weight excluding hydrogens is 863 g/mol. The maximum atomic E-state index is 13.0. The maximum absolute atomic E-state index is 13.0. The van der Waals surface area contributed by atoms with E-state index in [-0.39, 0.29) is 12.5 Å². The van der Waals surface area contributed by atoms with Crippen molar-refractivity contribution >= 4 is 5.91 Å². The van der Waals surface area contributed by atoms with Crippen LogP contribution >= 0.6 is 0 Å². The van der Waals surface area contributed by atoms with Gasteiger partial charge in [-0.05, 0) is 57.8 Å². The molecule has 1 rings (SSSR count). The summed E-state index contributed by atoms with van der Waals surface area (Å²) in [4.78, 5) is 13.0. The highest BCUT2D eigenvalue weighted by atomic mass is 16.7. The first-order valence-electron chi connectivity index (χ1n) is 29.4. The lowest BCUT2D eigenvalue weighted by Crippen LogP contribution is -2.60. The summed E-state index contributed by atoms with van der Waals surface area (Å²) in [5, 5.41) is 54.4. The van der Waals surface area contributed by atoms with Gasteiger partial charge >= 0.3 is 0 Å². The number of aliphatic hydroxyl groups excluding tert-OH is 5. The first kappa shape index (κ1) is 65.2. The predicted molar refractivity (Wildman–Crippen MR) is 290 cm³/mol. The molecule has 0 aromatic carbocycles. The van der Waals surface area contributed by atoms with Crippen LogP contribution in [-0.2, 0) is 14.3 Å². The first-order valence-corrected chi connectivity index (χ1v) is 29.4. The minimum absolute atomic E-state index is 0.201. The average Bonchev–Trinajstić information content (AvgIpc) is 3.35. The molecule has 0 aromatic heterocycles. The van der Waals surface area contributed by atoms with E-state index in [1.165, 1.54) is 180 Å². The molecule has 1 amide bonds. The summed E-state index contributed by atoms with van der Waals surface area (Å²) in [5.41, 5.74) is 0. The lowest BCUT2D eigenvalue weighted by Gasteiger charge is -2.40. The van der Waals surface area contributed by atoms with E-state index in [0.717, 1.165) is 70.6 Å². The van der Waals surface area contributed by atoms with Gasteiger partial charge in [0, 0.05) is 6.42 Å². The van der Waals surface area contributed by atoms with E-state index >= 15 is 0 Å². The van der Waals surface area contributed by atoms with Crippen molar-refractivity contribution in [1.29, 1.82) is 0 Å². The Bertz CT molecular complexity index is 1220. The highest BCUT2D eigenvalue weighted by Crippen LogP contribution is 2.23. The van der Waals surface area contributed by atoms with Crippen molar-refractivity contribution in [3.63, 3.8) is 0 Å². The second kappa shape index (κ2) is 49.7. The molecule has 0 bridgehead atoms. The minimum atomic E-state index is -1.58. The number of nitrogens with one attached hydrogen (secondary N) is 1. The topological polar surface area (TPSA) is 149 Å². The number of hydrogen-bond acceptors (Lipinski definition) is 8. The van der Waals surface area contributed by atoms with Crippen LogP contribution < -0.4 is 5.32 Å². The summed E-state index contributed by atoms with van der Waals surface area (Å²) >= 11 is 0. The molecule has 1 saturated heterocycles. The predicted octanol–water partition coefficient (Wildman–Crippen LogP) is 14.5. The number of carbonyl (C=O) groups excluding carboxylic acids is 1. The molecule has 7 atom stereocenters. The number of carbonyl (C=O) groups is 1. The molecule has 6 N–H and O–H groups in total. The second-order valence-corrected chi connectivity index (χ2v) is 20.4. The van der Waals surface area contributed by atoms with Crippen molar-refractivity contribution in [3.05, 3.63) is 48.6 Å². The summed E-state index contributed by atoms with van der Waals surface area (Å²) in [7, 11) is 0. The molecule has 9 nitrogen and oxygen atoms in total. The number of allylic oxidation sites excluding steroid dienone is 7. The van der Waals surface area contributed by atoms with Crippen LogP contribution in [0.25, 0.3) is 0 Å². The Morgan fingerprint density at radius 3 is 1.36 bits per heavy atom. The molecule has 0 saturated carbocycles. The average molecular weight is 975 g/mol. The number of rotatable bonds is 50. The monoisotopic (exact) mass is 974 g/mol. The van der Waals surface area contributed by atoms with Crippen LogP contribution in [0.15, 0.2) is 48.6 Å². The smallest absolute Gasteiger partial charge is 0.220 e. The first-order chi connectivity index (χ1) is 33.8. The van der Waals surface area contributed by atoms with E-state index in [4.69, 9.17) is 9.47 Å². The zero-order valence-electron chi connectivity index (χ0n) is 44.8. The van der Waals surface area contributed by atoms with E-state index < -0.39 is 49.5 Å². The van der Waals surface area contributed by atoms with E-state index in [9.17, 15) is 30.3 Å². The number of aliphatic hydroxyl groups is 5. The van der Waals surface area contributed by atoms with Gasteiger partial charge in [0.05, 0.1) is 25.4 Å². The molecular formula is C60H111NO8. The zero-order chi connectivity index (χ0) is 50.1. The standard InChI is InChI=1S/C60H111NO8/c1-3-5-7-9-11-13-15-17-18-19-20-21-22-23-24-25-26-27-28-29-30-31-32-33-34-35-36-38-39-41-43-45-47-49-54(63)53(52-68-60-59(67)58(66)57(65)55(51-62)69-60)61-56(64)50-48-46-44-42-40-37-16-14-12-10-8-6-4-2/h8,10,14,16,39,41,47,49,53-55,57-60,62-63,65-67H,3-7,9,11-13,15,17-38,40,42-46,48,50-52H2,1-2H3,(H,61,64)/b10-8-,16-14-,41-39+,49-47+. The molecule has 69 heavy (non-hydrogen) atoms. The van der Waals surface area contributed by atoms with Gasteiger partial charge in [0.2, 0.25) is 5.91 Å². The summed E-state index contributed by atoms with van der Waals surface area (Å²) in [6.07, 6.45) is 59.3. The van der Waals surface area contributed by atoms with Crippen molar-refractivity contribution in [2.45, 2.75) is 314 Å². The lowest BCUT2D eigenvalue weighted by molar-refractivity contribution is -0.302. The number of amides is 1. The molecule has 9 heteroatoms. The minimum Gasteiger partial charge on any atom is -0.394 e. The third kappa shape index (κ3) is 39.4. The molecule has 1 heterocycles. The van der Waals surface area contributed by atoms with Crippen LogP contribution in [0.1, 0.15) is 271 Å². The van der Waals surface area contributed by atoms with E-state index in [1.54, 1.807) is 6.08 Å². The maximum Gasteiger partial charge on any atom is 0.220 e. The van der Waals surface area contributed by atoms with Gasteiger partial charge in [0.25, 0.3) is 0 Å². The number of hydrogen-bond donors (Lipinski definition) is 6. The fourth-order valence-electron chi connectivity index (χ4n) is 9.21. The molecule has 404 valence electrons. The van der Waals surface area contributed by atoms with Crippen LogP contribution in [-0.4, -0.2) is 87.5 Å². The molecule has 1 aliphatic rings. The molecule has 7 unspecified atom stereocenters. The Balaban J connectivity index is 2.15. The summed E-state index contributed by atoms with van der Waals surface area (Å²) < 4.78 is 11.2.